The number of hydrogen-bond acceptors (Lipinski definition) is 3. The number of carbonyl (C=O) groups excluding carboxylic acids is 2. The van der Waals surface area contributed by atoms with Crippen LogP contribution in [0.5, 0.6) is 0 Å². The lowest BCUT2D eigenvalue weighted by molar-refractivity contribution is -0.117. The molecular formula is C21H27N3O2. The molecule has 0 bridgehead atoms. The van der Waals surface area contributed by atoms with E-state index in [1.807, 2.05) is 75.3 Å². The summed E-state index contributed by atoms with van der Waals surface area (Å²) >= 11 is 0. The molecule has 5 heteroatoms. The zero-order chi connectivity index (χ0) is 19.3. The van der Waals surface area contributed by atoms with Gasteiger partial charge in [-0.2, -0.15) is 0 Å². The molecule has 0 radical (unpaired) electrons. The van der Waals surface area contributed by atoms with E-state index in [1.54, 1.807) is 4.90 Å². The third-order valence-corrected chi connectivity index (χ3v) is 4.27. The molecule has 2 amide bonds. The van der Waals surface area contributed by atoms with E-state index in [9.17, 15) is 9.59 Å². The van der Waals surface area contributed by atoms with E-state index in [0.717, 1.165) is 28.2 Å². The standard InChI is InChI=1S/C21H27N3O2/c1-15-6-7-16(2)20(14-15)24(17(3)25)13-12-21(26)22-18-8-10-19(11-9-18)23(4)5/h6-11,14H,12-13H2,1-5H3,(H,22,26). The summed E-state index contributed by atoms with van der Waals surface area (Å²) in [5.74, 6) is -0.180. The van der Waals surface area contributed by atoms with Crippen molar-refractivity contribution in [3.63, 3.8) is 0 Å². The van der Waals surface area contributed by atoms with Gasteiger partial charge < -0.3 is 15.1 Å². The third kappa shape index (κ3) is 5.09. The van der Waals surface area contributed by atoms with E-state index in [2.05, 4.69) is 5.32 Å². The fraction of sp³-hybridized carbons (Fsp3) is 0.333. The van der Waals surface area contributed by atoms with Crippen molar-refractivity contribution in [2.75, 3.05) is 35.8 Å². The van der Waals surface area contributed by atoms with Crippen molar-refractivity contribution in [2.45, 2.75) is 27.2 Å². The number of aryl methyl sites for hydroxylation is 2. The van der Waals surface area contributed by atoms with Gasteiger partial charge in [-0.15, -0.1) is 0 Å². The Morgan fingerprint density at radius 1 is 1.00 bits per heavy atom. The van der Waals surface area contributed by atoms with Crippen molar-refractivity contribution in [1.29, 1.82) is 0 Å². The van der Waals surface area contributed by atoms with Crippen LogP contribution in [-0.2, 0) is 9.59 Å². The molecule has 5 nitrogen and oxygen atoms in total. The molecule has 0 unspecified atom stereocenters. The number of rotatable bonds is 6. The Morgan fingerprint density at radius 2 is 1.65 bits per heavy atom. The summed E-state index contributed by atoms with van der Waals surface area (Å²) in [5, 5.41) is 2.88. The summed E-state index contributed by atoms with van der Waals surface area (Å²) < 4.78 is 0. The predicted octanol–water partition coefficient (Wildman–Crippen LogP) is 3.75. The average molecular weight is 353 g/mol. The molecule has 1 N–H and O–H groups in total. The van der Waals surface area contributed by atoms with Crippen molar-refractivity contribution >= 4 is 28.9 Å². The summed E-state index contributed by atoms with van der Waals surface area (Å²) in [6.45, 7) is 5.84. The van der Waals surface area contributed by atoms with Gasteiger partial charge in [0.2, 0.25) is 11.8 Å². The SMILES string of the molecule is CC(=O)N(CCC(=O)Nc1ccc(N(C)C)cc1)c1cc(C)ccc1C. The lowest BCUT2D eigenvalue weighted by Gasteiger charge is -2.23. The van der Waals surface area contributed by atoms with Crippen LogP contribution in [0.4, 0.5) is 17.1 Å². The molecule has 0 aliphatic carbocycles. The van der Waals surface area contributed by atoms with E-state index < -0.39 is 0 Å². The number of nitrogens with one attached hydrogen (secondary N) is 1. The minimum absolute atomic E-state index is 0.0677. The van der Waals surface area contributed by atoms with Gasteiger partial charge in [-0.05, 0) is 55.3 Å². The quantitative estimate of drug-likeness (QED) is 0.860. The summed E-state index contributed by atoms with van der Waals surface area (Å²) in [6.07, 6.45) is 0.238. The third-order valence-electron chi connectivity index (χ3n) is 4.27. The fourth-order valence-electron chi connectivity index (χ4n) is 2.74. The van der Waals surface area contributed by atoms with Crippen molar-refractivity contribution in [1.82, 2.24) is 0 Å². The first-order chi connectivity index (χ1) is 12.3. The van der Waals surface area contributed by atoms with Crippen LogP contribution >= 0.6 is 0 Å². The Hall–Kier alpha value is -2.82. The van der Waals surface area contributed by atoms with Crippen LogP contribution < -0.4 is 15.1 Å². The van der Waals surface area contributed by atoms with Crippen molar-refractivity contribution in [2.24, 2.45) is 0 Å². The highest BCUT2D eigenvalue weighted by atomic mass is 16.2. The molecule has 0 aliphatic heterocycles. The zero-order valence-corrected chi connectivity index (χ0v) is 16.2. The van der Waals surface area contributed by atoms with Crippen LogP contribution in [0.15, 0.2) is 42.5 Å². The number of benzene rings is 2. The van der Waals surface area contributed by atoms with Gasteiger partial charge in [0.1, 0.15) is 0 Å². The van der Waals surface area contributed by atoms with Crippen molar-refractivity contribution < 1.29 is 9.59 Å². The molecule has 0 spiro atoms. The number of amides is 2. The maximum atomic E-state index is 12.3. The molecule has 0 saturated carbocycles. The molecule has 0 fully saturated rings. The highest BCUT2D eigenvalue weighted by Crippen LogP contribution is 2.22. The molecule has 0 atom stereocenters. The van der Waals surface area contributed by atoms with Crippen LogP contribution in [0.1, 0.15) is 24.5 Å². The monoisotopic (exact) mass is 353 g/mol. The maximum Gasteiger partial charge on any atom is 0.226 e. The normalized spacial score (nSPS) is 10.3. The summed E-state index contributed by atoms with van der Waals surface area (Å²) in [6, 6.07) is 13.6. The minimum atomic E-state index is -0.112. The molecule has 26 heavy (non-hydrogen) atoms. The van der Waals surface area contributed by atoms with Crippen molar-refractivity contribution in [3.05, 3.63) is 53.6 Å². The van der Waals surface area contributed by atoms with E-state index in [-0.39, 0.29) is 18.2 Å². The van der Waals surface area contributed by atoms with Gasteiger partial charge in [0.05, 0.1) is 0 Å². The summed E-state index contributed by atoms with van der Waals surface area (Å²) in [4.78, 5) is 28.0. The molecular weight excluding hydrogens is 326 g/mol. The molecule has 0 aliphatic rings. The van der Waals surface area contributed by atoms with Gasteiger partial charge in [-0.3, -0.25) is 9.59 Å². The van der Waals surface area contributed by atoms with Crippen LogP contribution in [0.3, 0.4) is 0 Å². The van der Waals surface area contributed by atoms with Crippen molar-refractivity contribution in [3.8, 4) is 0 Å². The highest BCUT2D eigenvalue weighted by Gasteiger charge is 2.15. The largest absolute Gasteiger partial charge is 0.378 e. The van der Waals surface area contributed by atoms with Gasteiger partial charge in [0, 0.05) is 51.0 Å². The number of carbonyl (C=O) groups is 2. The number of anilines is 3. The van der Waals surface area contributed by atoms with E-state index in [1.165, 1.54) is 6.92 Å². The lowest BCUT2D eigenvalue weighted by atomic mass is 10.1. The summed E-state index contributed by atoms with van der Waals surface area (Å²) in [7, 11) is 3.94. The Morgan fingerprint density at radius 3 is 2.23 bits per heavy atom. The Bertz CT molecular complexity index is 782. The topological polar surface area (TPSA) is 52.7 Å². The smallest absolute Gasteiger partial charge is 0.226 e. The molecule has 0 aromatic heterocycles. The molecule has 0 heterocycles. The number of hydrogen-bond donors (Lipinski definition) is 1. The van der Waals surface area contributed by atoms with Gasteiger partial charge >= 0.3 is 0 Å². The Kier molecular flexibility index (Phi) is 6.39. The van der Waals surface area contributed by atoms with Crippen LogP contribution in [0.25, 0.3) is 0 Å². The summed E-state index contributed by atoms with van der Waals surface area (Å²) in [5.41, 5.74) is 4.79. The molecule has 2 aromatic rings. The van der Waals surface area contributed by atoms with E-state index in [0.29, 0.717) is 6.54 Å². The van der Waals surface area contributed by atoms with Crippen LogP contribution in [-0.4, -0.2) is 32.5 Å². The lowest BCUT2D eigenvalue weighted by Crippen LogP contribution is -2.32. The van der Waals surface area contributed by atoms with Crippen LogP contribution in [0.2, 0.25) is 0 Å². The zero-order valence-electron chi connectivity index (χ0n) is 16.2. The molecule has 2 aromatic carbocycles. The first-order valence-corrected chi connectivity index (χ1v) is 8.70. The second kappa shape index (κ2) is 8.52. The first-order valence-electron chi connectivity index (χ1n) is 8.70. The van der Waals surface area contributed by atoms with Gasteiger partial charge in [-0.25, -0.2) is 0 Å². The second-order valence-electron chi connectivity index (χ2n) is 6.70. The first kappa shape index (κ1) is 19.5. The Labute approximate surface area is 155 Å². The molecule has 2 rings (SSSR count). The predicted molar refractivity (Wildman–Crippen MR) is 108 cm³/mol. The number of nitrogens with zero attached hydrogens (tertiary/aromatic N) is 2. The maximum absolute atomic E-state index is 12.3. The van der Waals surface area contributed by atoms with Gasteiger partial charge in [0.15, 0.2) is 0 Å². The molecule has 0 saturated heterocycles. The van der Waals surface area contributed by atoms with Gasteiger partial charge in [-0.1, -0.05) is 12.1 Å². The molecule has 138 valence electrons. The fourth-order valence-corrected chi connectivity index (χ4v) is 2.74. The van der Waals surface area contributed by atoms with E-state index in [4.69, 9.17) is 0 Å². The second-order valence-corrected chi connectivity index (χ2v) is 6.70. The van der Waals surface area contributed by atoms with Crippen LogP contribution in [0, 0.1) is 13.8 Å². The average Bonchev–Trinajstić information content (AvgIpc) is 2.58. The van der Waals surface area contributed by atoms with E-state index >= 15 is 0 Å². The van der Waals surface area contributed by atoms with Gasteiger partial charge in [0.25, 0.3) is 0 Å². The highest BCUT2D eigenvalue weighted by molar-refractivity contribution is 5.95. The minimum Gasteiger partial charge on any atom is -0.378 e. The Balaban J connectivity index is 2.01.